The molecule has 0 N–H and O–H groups in total. The van der Waals surface area contributed by atoms with Crippen LogP contribution in [0.2, 0.25) is 0 Å². The Bertz CT molecular complexity index is 523. The largest absolute Gasteiger partial charge is 0.475 e. The van der Waals surface area contributed by atoms with Crippen molar-refractivity contribution in [2.75, 3.05) is 0 Å². The summed E-state index contributed by atoms with van der Waals surface area (Å²) in [6, 6.07) is 6.19. The fourth-order valence-electron chi connectivity index (χ4n) is 1.67. The van der Waals surface area contributed by atoms with E-state index in [0.717, 1.165) is 15.2 Å². The first-order valence-electron chi connectivity index (χ1n) is 5.29. The van der Waals surface area contributed by atoms with Crippen molar-refractivity contribution in [1.29, 1.82) is 0 Å². The maximum Gasteiger partial charge on any atom is 0.221 e. The number of nitrogens with zero attached hydrogens (tertiary/aromatic N) is 1. The molecule has 0 radical (unpaired) electrons. The van der Waals surface area contributed by atoms with Gasteiger partial charge in [0.15, 0.2) is 0 Å². The van der Waals surface area contributed by atoms with Crippen molar-refractivity contribution in [3.8, 4) is 5.88 Å². The Morgan fingerprint density at radius 1 is 1.25 bits per heavy atom. The van der Waals surface area contributed by atoms with Crippen molar-refractivity contribution >= 4 is 26.7 Å². The van der Waals surface area contributed by atoms with Crippen molar-refractivity contribution in [1.82, 2.24) is 4.98 Å². The third kappa shape index (κ3) is 2.19. The molecule has 0 aliphatic heterocycles. The van der Waals surface area contributed by atoms with Crippen molar-refractivity contribution in [3.05, 3.63) is 34.4 Å². The fourth-order valence-corrected chi connectivity index (χ4v) is 2.37. The van der Waals surface area contributed by atoms with Gasteiger partial charge in [0.05, 0.1) is 6.10 Å². The number of hydrogen-bond acceptors (Lipinski definition) is 2. The zero-order valence-corrected chi connectivity index (χ0v) is 11.2. The third-order valence-electron chi connectivity index (χ3n) is 2.28. The summed E-state index contributed by atoms with van der Waals surface area (Å²) in [6.45, 7) is 6.08. The minimum atomic E-state index is 0.136. The van der Waals surface area contributed by atoms with E-state index in [4.69, 9.17) is 4.74 Å². The second-order valence-corrected chi connectivity index (χ2v) is 4.98. The highest BCUT2D eigenvalue weighted by molar-refractivity contribution is 9.10. The van der Waals surface area contributed by atoms with Gasteiger partial charge >= 0.3 is 0 Å². The van der Waals surface area contributed by atoms with E-state index in [1.807, 2.05) is 19.9 Å². The van der Waals surface area contributed by atoms with Crippen molar-refractivity contribution in [2.24, 2.45) is 0 Å². The molecule has 16 heavy (non-hydrogen) atoms. The fraction of sp³-hybridized carbons (Fsp3) is 0.308. The normalized spacial score (nSPS) is 11.1. The van der Waals surface area contributed by atoms with Crippen LogP contribution in [0.3, 0.4) is 0 Å². The molecule has 0 amide bonds. The minimum Gasteiger partial charge on any atom is -0.475 e. The molecule has 2 nitrogen and oxygen atoms in total. The predicted molar refractivity (Wildman–Crippen MR) is 69.9 cm³/mol. The second-order valence-electron chi connectivity index (χ2n) is 4.12. The molecule has 0 spiro atoms. The van der Waals surface area contributed by atoms with Gasteiger partial charge in [-0.2, -0.15) is 0 Å². The first kappa shape index (κ1) is 11.4. The SMILES string of the molecule is Cc1cc(Br)c2ccnc(OC(C)C)c2c1. The highest BCUT2D eigenvalue weighted by atomic mass is 79.9. The van der Waals surface area contributed by atoms with Gasteiger partial charge in [-0.3, -0.25) is 0 Å². The van der Waals surface area contributed by atoms with Gasteiger partial charge < -0.3 is 4.74 Å². The van der Waals surface area contributed by atoms with Crippen LogP contribution in [0.5, 0.6) is 5.88 Å². The van der Waals surface area contributed by atoms with Crippen LogP contribution in [0.25, 0.3) is 10.8 Å². The van der Waals surface area contributed by atoms with E-state index >= 15 is 0 Å². The maximum atomic E-state index is 5.71. The van der Waals surface area contributed by atoms with E-state index in [-0.39, 0.29) is 6.10 Å². The molecule has 1 aromatic carbocycles. The number of halogens is 1. The number of pyridine rings is 1. The lowest BCUT2D eigenvalue weighted by Gasteiger charge is -2.12. The van der Waals surface area contributed by atoms with E-state index in [0.29, 0.717) is 5.88 Å². The lowest BCUT2D eigenvalue weighted by molar-refractivity contribution is 0.236. The van der Waals surface area contributed by atoms with Crippen molar-refractivity contribution in [2.45, 2.75) is 26.9 Å². The summed E-state index contributed by atoms with van der Waals surface area (Å²) in [7, 11) is 0. The van der Waals surface area contributed by atoms with Gasteiger partial charge in [-0.25, -0.2) is 4.98 Å². The van der Waals surface area contributed by atoms with Crippen LogP contribution >= 0.6 is 15.9 Å². The Morgan fingerprint density at radius 3 is 2.69 bits per heavy atom. The van der Waals surface area contributed by atoms with E-state index < -0.39 is 0 Å². The minimum absolute atomic E-state index is 0.136. The number of rotatable bonds is 2. The zero-order chi connectivity index (χ0) is 11.7. The number of benzene rings is 1. The molecule has 3 heteroatoms. The topological polar surface area (TPSA) is 22.1 Å². The lowest BCUT2D eigenvalue weighted by atomic mass is 10.1. The summed E-state index contributed by atoms with van der Waals surface area (Å²) in [6.07, 6.45) is 1.91. The molecule has 0 atom stereocenters. The Kier molecular flexibility index (Phi) is 3.15. The van der Waals surface area contributed by atoms with Crippen LogP contribution < -0.4 is 4.74 Å². The Hall–Kier alpha value is -1.09. The molecule has 0 fully saturated rings. The van der Waals surface area contributed by atoms with Crippen LogP contribution in [-0.2, 0) is 0 Å². The number of ether oxygens (including phenoxy) is 1. The molecule has 0 unspecified atom stereocenters. The summed E-state index contributed by atoms with van der Waals surface area (Å²) >= 11 is 3.56. The van der Waals surface area contributed by atoms with Crippen LogP contribution in [0.1, 0.15) is 19.4 Å². The highest BCUT2D eigenvalue weighted by Crippen LogP contribution is 2.30. The molecule has 0 saturated carbocycles. The predicted octanol–water partition coefficient (Wildman–Crippen LogP) is 4.09. The third-order valence-corrected chi connectivity index (χ3v) is 2.94. The lowest BCUT2D eigenvalue weighted by Crippen LogP contribution is -2.07. The summed E-state index contributed by atoms with van der Waals surface area (Å²) in [5, 5.41) is 2.19. The maximum absolute atomic E-state index is 5.71. The molecule has 0 bridgehead atoms. The number of aromatic nitrogens is 1. The number of fused-ring (bicyclic) bond motifs is 1. The van der Waals surface area contributed by atoms with Gasteiger partial charge in [-0.15, -0.1) is 0 Å². The summed E-state index contributed by atoms with van der Waals surface area (Å²) in [5.74, 6) is 0.705. The second kappa shape index (κ2) is 4.42. The molecule has 2 rings (SSSR count). The van der Waals surface area contributed by atoms with Gasteiger partial charge in [0.25, 0.3) is 0 Å². The Balaban J connectivity index is 2.66. The standard InChI is InChI=1S/C13H14BrNO/c1-8(2)16-13-11-6-9(3)7-12(14)10(11)4-5-15-13/h4-8H,1-3H3. The van der Waals surface area contributed by atoms with Crippen LogP contribution in [-0.4, -0.2) is 11.1 Å². The highest BCUT2D eigenvalue weighted by Gasteiger charge is 2.08. The first-order valence-corrected chi connectivity index (χ1v) is 6.09. The zero-order valence-electron chi connectivity index (χ0n) is 9.62. The molecule has 1 heterocycles. The van der Waals surface area contributed by atoms with E-state index in [2.05, 4.69) is 40.0 Å². The Morgan fingerprint density at radius 2 is 2.00 bits per heavy atom. The van der Waals surface area contributed by atoms with Crippen LogP contribution in [0, 0.1) is 6.92 Å². The van der Waals surface area contributed by atoms with Crippen LogP contribution in [0.4, 0.5) is 0 Å². The van der Waals surface area contributed by atoms with Crippen molar-refractivity contribution < 1.29 is 4.74 Å². The summed E-state index contributed by atoms with van der Waals surface area (Å²) < 4.78 is 6.79. The molecule has 0 saturated heterocycles. The molecule has 84 valence electrons. The smallest absolute Gasteiger partial charge is 0.221 e. The first-order chi connectivity index (χ1) is 7.58. The van der Waals surface area contributed by atoms with Gasteiger partial charge in [-0.1, -0.05) is 15.9 Å². The molecule has 2 aromatic rings. The van der Waals surface area contributed by atoms with E-state index in [1.54, 1.807) is 6.20 Å². The molecule has 0 aliphatic rings. The van der Waals surface area contributed by atoms with Crippen molar-refractivity contribution in [3.63, 3.8) is 0 Å². The monoisotopic (exact) mass is 279 g/mol. The quantitative estimate of drug-likeness (QED) is 0.826. The number of hydrogen-bond donors (Lipinski definition) is 0. The van der Waals surface area contributed by atoms with E-state index in [1.165, 1.54) is 5.56 Å². The number of aryl methyl sites for hydroxylation is 1. The van der Waals surface area contributed by atoms with Gasteiger partial charge in [0, 0.05) is 21.4 Å². The van der Waals surface area contributed by atoms with Gasteiger partial charge in [0.1, 0.15) is 0 Å². The Labute approximate surface area is 104 Å². The molecular formula is C13H14BrNO. The van der Waals surface area contributed by atoms with E-state index in [9.17, 15) is 0 Å². The molecule has 1 aromatic heterocycles. The van der Waals surface area contributed by atoms with Gasteiger partial charge in [0.2, 0.25) is 5.88 Å². The summed E-state index contributed by atoms with van der Waals surface area (Å²) in [4.78, 5) is 4.29. The van der Waals surface area contributed by atoms with Crippen LogP contribution in [0.15, 0.2) is 28.9 Å². The average Bonchev–Trinajstić information content (AvgIpc) is 2.18. The molecule has 0 aliphatic carbocycles. The summed E-state index contributed by atoms with van der Waals surface area (Å²) in [5.41, 5.74) is 1.20. The molecular weight excluding hydrogens is 266 g/mol. The average molecular weight is 280 g/mol. The van der Waals surface area contributed by atoms with Gasteiger partial charge in [-0.05, 0) is 44.5 Å².